The molecule has 0 aliphatic heterocycles. The number of rotatable bonds is 3. The van der Waals surface area contributed by atoms with Gasteiger partial charge in [0.15, 0.2) is 0 Å². The molecule has 0 heterocycles. The molecule has 1 unspecified atom stereocenters. The summed E-state index contributed by atoms with van der Waals surface area (Å²) in [4.78, 5) is 2.09. The van der Waals surface area contributed by atoms with Gasteiger partial charge >= 0.3 is 0 Å². The number of hydrogen-bond donors (Lipinski definition) is 1. The normalized spacial score (nSPS) is 12.3. The Kier molecular flexibility index (Phi) is 5.71. The first kappa shape index (κ1) is 12.4. The van der Waals surface area contributed by atoms with Crippen LogP contribution in [0.25, 0.3) is 0 Å². The van der Waals surface area contributed by atoms with Crippen LogP contribution in [0.3, 0.4) is 0 Å². The largest absolute Gasteiger partial charge is 0.323 e. The average molecular weight is 201 g/mol. The van der Waals surface area contributed by atoms with Gasteiger partial charge in [0.25, 0.3) is 0 Å². The van der Waals surface area contributed by atoms with Crippen molar-refractivity contribution in [3.8, 4) is 0 Å². The van der Waals surface area contributed by atoms with Crippen molar-refractivity contribution in [2.75, 3.05) is 20.6 Å². The third kappa shape index (κ3) is 4.27. The topological polar surface area (TPSA) is 29.3 Å². The lowest BCUT2D eigenvalue weighted by atomic mass is 10.1. The molecule has 0 amide bonds. The number of nitrogens with zero attached hydrogens (tertiary/aromatic N) is 1. The molecule has 13 heavy (non-hydrogen) atoms. The Morgan fingerprint density at radius 2 is 1.77 bits per heavy atom. The van der Waals surface area contributed by atoms with Crippen molar-refractivity contribution < 1.29 is 0 Å². The maximum atomic E-state index is 5.95. The first-order valence-corrected chi connectivity index (χ1v) is 4.15. The van der Waals surface area contributed by atoms with E-state index in [1.807, 2.05) is 32.3 Å². The van der Waals surface area contributed by atoms with Crippen molar-refractivity contribution in [3.63, 3.8) is 0 Å². The second-order valence-electron chi connectivity index (χ2n) is 3.28. The van der Waals surface area contributed by atoms with Gasteiger partial charge in [-0.05, 0) is 19.7 Å². The number of benzene rings is 1. The second kappa shape index (κ2) is 5.97. The molecule has 74 valence electrons. The lowest BCUT2D eigenvalue weighted by Gasteiger charge is -2.16. The average Bonchev–Trinajstić information content (AvgIpc) is 2.05. The lowest BCUT2D eigenvalue weighted by Crippen LogP contribution is -2.25. The summed E-state index contributed by atoms with van der Waals surface area (Å²) in [6.07, 6.45) is 0. The minimum atomic E-state index is 0. The molecule has 1 rings (SSSR count). The Morgan fingerprint density at radius 3 is 2.23 bits per heavy atom. The van der Waals surface area contributed by atoms with Gasteiger partial charge in [-0.3, -0.25) is 0 Å². The maximum Gasteiger partial charge on any atom is 0.0424 e. The van der Waals surface area contributed by atoms with Crippen LogP contribution in [-0.2, 0) is 0 Å². The molecular weight excluding hydrogens is 184 g/mol. The van der Waals surface area contributed by atoms with E-state index < -0.39 is 0 Å². The summed E-state index contributed by atoms with van der Waals surface area (Å²) in [6.45, 7) is 0.893. The van der Waals surface area contributed by atoms with E-state index in [1.54, 1.807) is 0 Å². The number of halogens is 1. The summed E-state index contributed by atoms with van der Waals surface area (Å²) in [5, 5.41) is 0. The van der Waals surface area contributed by atoms with Gasteiger partial charge in [-0.25, -0.2) is 0 Å². The Balaban J connectivity index is 0.00000144. The zero-order valence-corrected chi connectivity index (χ0v) is 8.92. The molecule has 2 nitrogen and oxygen atoms in total. The Hall–Kier alpha value is -0.570. The van der Waals surface area contributed by atoms with Crippen molar-refractivity contribution in [2.45, 2.75) is 6.04 Å². The highest BCUT2D eigenvalue weighted by Crippen LogP contribution is 2.09. The van der Waals surface area contributed by atoms with E-state index in [0.29, 0.717) is 0 Å². The highest BCUT2D eigenvalue weighted by molar-refractivity contribution is 5.85. The Labute approximate surface area is 86.1 Å². The summed E-state index contributed by atoms with van der Waals surface area (Å²) < 4.78 is 0. The monoisotopic (exact) mass is 200 g/mol. The maximum absolute atomic E-state index is 5.95. The van der Waals surface area contributed by atoms with Gasteiger partial charge in [-0.2, -0.15) is 0 Å². The van der Waals surface area contributed by atoms with Crippen molar-refractivity contribution in [3.05, 3.63) is 35.9 Å². The molecule has 0 bridgehead atoms. The first-order valence-electron chi connectivity index (χ1n) is 4.15. The SMILES string of the molecule is CN(C)CC(N)c1ccccc1.Cl. The van der Waals surface area contributed by atoms with Crippen LogP contribution in [-0.4, -0.2) is 25.5 Å². The summed E-state index contributed by atoms with van der Waals surface area (Å²) in [6, 6.07) is 10.3. The van der Waals surface area contributed by atoms with Gasteiger partial charge in [0.2, 0.25) is 0 Å². The van der Waals surface area contributed by atoms with E-state index >= 15 is 0 Å². The van der Waals surface area contributed by atoms with Crippen LogP contribution in [0.5, 0.6) is 0 Å². The predicted octanol–water partition coefficient (Wildman–Crippen LogP) is 1.67. The molecule has 0 aliphatic carbocycles. The molecule has 0 aliphatic rings. The van der Waals surface area contributed by atoms with E-state index in [0.717, 1.165) is 6.54 Å². The highest BCUT2D eigenvalue weighted by Gasteiger charge is 2.04. The highest BCUT2D eigenvalue weighted by atomic mass is 35.5. The lowest BCUT2D eigenvalue weighted by molar-refractivity contribution is 0.376. The van der Waals surface area contributed by atoms with E-state index in [-0.39, 0.29) is 18.4 Å². The van der Waals surface area contributed by atoms with Crippen LogP contribution in [0.4, 0.5) is 0 Å². The van der Waals surface area contributed by atoms with Gasteiger partial charge < -0.3 is 10.6 Å². The van der Waals surface area contributed by atoms with Crippen molar-refractivity contribution in [2.24, 2.45) is 5.73 Å². The third-order valence-corrected chi connectivity index (χ3v) is 1.79. The van der Waals surface area contributed by atoms with Crippen LogP contribution in [0.15, 0.2) is 30.3 Å². The number of hydrogen-bond acceptors (Lipinski definition) is 2. The van der Waals surface area contributed by atoms with Gasteiger partial charge in [0, 0.05) is 12.6 Å². The van der Waals surface area contributed by atoms with Gasteiger partial charge in [0.1, 0.15) is 0 Å². The molecule has 2 N–H and O–H groups in total. The van der Waals surface area contributed by atoms with Crippen LogP contribution in [0.2, 0.25) is 0 Å². The fourth-order valence-corrected chi connectivity index (χ4v) is 1.20. The summed E-state index contributed by atoms with van der Waals surface area (Å²) >= 11 is 0. The van der Waals surface area contributed by atoms with Crippen LogP contribution in [0.1, 0.15) is 11.6 Å². The van der Waals surface area contributed by atoms with E-state index in [2.05, 4.69) is 17.0 Å². The van der Waals surface area contributed by atoms with Crippen molar-refractivity contribution >= 4 is 12.4 Å². The van der Waals surface area contributed by atoms with Crippen LogP contribution < -0.4 is 5.73 Å². The molecule has 0 saturated heterocycles. The minimum Gasteiger partial charge on any atom is -0.323 e. The quantitative estimate of drug-likeness (QED) is 0.805. The summed E-state index contributed by atoms with van der Waals surface area (Å²) in [5.74, 6) is 0. The van der Waals surface area contributed by atoms with Gasteiger partial charge in [-0.15, -0.1) is 12.4 Å². The van der Waals surface area contributed by atoms with Crippen molar-refractivity contribution in [1.82, 2.24) is 4.90 Å². The molecule has 0 spiro atoms. The Morgan fingerprint density at radius 1 is 1.23 bits per heavy atom. The second-order valence-corrected chi connectivity index (χ2v) is 3.28. The third-order valence-electron chi connectivity index (χ3n) is 1.79. The fourth-order valence-electron chi connectivity index (χ4n) is 1.20. The summed E-state index contributed by atoms with van der Waals surface area (Å²) in [5.41, 5.74) is 7.15. The Bertz CT molecular complexity index is 224. The molecule has 3 heteroatoms. The standard InChI is InChI=1S/C10H16N2.ClH/c1-12(2)8-10(11)9-6-4-3-5-7-9;/h3-7,10H,8,11H2,1-2H3;1H. The fraction of sp³-hybridized carbons (Fsp3) is 0.400. The molecule has 0 radical (unpaired) electrons. The zero-order chi connectivity index (χ0) is 8.97. The molecule has 1 aromatic carbocycles. The van der Waals surface area contributed by atoms with Crippen molar-refractivity contribution in [1.29, 1.82) is 0 Å². The summed E-state index contributed by atoms with van der Waals surface area (Å²) in [7, 11) is 4.06. The molecule has 0 fully saturated rings. The first-order chi connectivity index (χ1) is 5.70. The van der Waals surface area contributed by atoms with Gasteiger partial charge in [0.05, 0.1) is 0 Å². The van der Waals surface area contributed by atoms with E-state index in [9.17, 15) is 0 Å². The van der Waals surface area contributed by atoms with Gasteiger partial charge in [-0.1, -0.05) is 30.3 Å². The van der Waals surface area contributed by atoms with Crippen LogP contribution >= 0.6 is 12.4 Å². The van der Waals surface area contributed by atoms with E-state index in [1.165, 1.54) is 5.56 Å². The predicted molar refractivity (Wildman–Crippen MR) is 59.2 cm³/mol. The minimum absolute atomic E-state index is 0. The molecule has 0 aromatic heterocycles. The molecule has 1 aromatic rings. The molecule has 1 atom stereocenters. The number of nitrogens with two attached hydrogens (primary N) is 1. The molecular formula is C10H17ClN2. The number of likely N-dealkylation sites (N-methyl/N-ethyl adjacent to an activating group) is 1. The smallest absolute Gasteiger partial charge is 0.0424 e. The zero-order valence-electron chi connectivity index (χ0n) is 8.10. The van der Waals surface area contributed by atoms with E-state index in [4.69, 9.17) is 5.73 Å². The molecule has 0 saturated carbocycles. The van der Waals surface area contributed by atoms with Crippen LogP contribution in [0, 0.1) is 0 Å².